The molecular formula is C10H13NO7. The van der Waals surface area contributed by atoms with E-state index in [-0.39, 0.29) is 5.76 Å². The maximum atomic E-state index is 11.7. The Morgan fingerprint density at radius 2 is 2.00 bits per heavy atom. The lowest BCUT2D eigenvalue weighted by Gasteiger charge is -2.15. The second kappa shape index (κ2) is 4.65. The smallest absolute Gasteiger partial charge is 0.414 e. The quantitative estimate of drug-likeness (QED) is 0.547. The summed E-state index contributed by atoms with van der Waals surface area (Å²) in [5.74, 6) is -0.858. The van der Waals surface area contributed by atoms with Gasteiger partial charge in [0, 0.05) is 6.07 Å². The molecule has 0 aromatic carbocycles. The van der Waals surface area contributed by atoms with Gasteiger partial charge in [0.1, 0.15) is 24.1 Å². The Morgan fingerprint density at radius 1 is 1.33 bits per heavy atom. The van der Waals surface area contributed by atoms with Crippen molar-refractivity contribution < 1.29 is 24.5 Å². The van der Waals surface area contributed by atoms with Crippen LogP contribution in [0.4, 0.5) is 0 Å². The van der Waals surface area contributed by atoms with E-state index in [4.69, 9.17) is 14.3 Å². The van der Waals surface area contributed by atoms with Gasteiger partial charge >= 0.3 is 5.76 Å². The van der Waals surface area contributed by atoms with E-state index in [0.29, 0.717) is 4.57 Å². The van der Waals surface area contributed by atoms with Gasteiger partial charge in [-0.05, 0) is 6.92 Å². The van der Waals surface area contributed by atoms with Crippen LogP contribution in [0.25, 0.3) is 0 Å². The number of aryl methyl sites for hydroxylation is 1. The van der Waals surface area contributed by atoms with E-state index in [9.17, 15) is 19.8 Å². The summed E-state index contributed by atoms with van der Waals surface area (Å²) in [4.78, 5) is 23.2. The van der Waals surface area contributed by atoms with E-state index in [1.807, 2.05) is 0 Å². The van der Waals surface area contributed by atoms with E-state index in [1.54, 1.807) is 0 Å². The van der Waals surface area contributed by atoms with Crippen molar-refractivity contribution in [2.45, 2.75) is 31.5 Å². The van der Waals surface area contributed by atoms with Gasteiger partial charge < -0.3 is 24.5 Å². The molecule has 2 rings (SSSR count). The Balaban J connectivity index is 2.45. The molecule has 1 fully saturated rings. The number of ether oxygens (including phenoxy) is 1. The monoisotopic (exact) mass is 259 g/mol. The number of aliphatic hydroxyl groups is 3. The van der Waals surface area contributed by atoms with Gasteiger partial charge in [0.05, 0.1) is 6.61 Å². The fraction of sp³-hybridized carbons (Fsp3) is 0.600. The fourth-order valence-corrected chi connectivity index (χ4v) is 1.87. The van der Waals surface area contributed by atoms with Gasteiger partial charge in [0.25, 0.3) is 5.56 Å². The maximum Gasteiger partial charge on any atom is 0.424 e. The van der Waals surface area contributed by atoms with Crippen LogP contribution in [0, 0.1) is 6.92 Å². The maximum absolute atomic E-state index is 11.7. The molecule has 2 heterocycles. The van der Waals surface area contributed by atoms with Crippen LogP contribution in [0.15, 0.2) is 20.1 Å². The third-order valence-electron chi connectivity index (χ3n) is 2.78. The molecule has 0 bridgehead atoms. The molecule has 3 N–H and O–H groups in total. The second-order valence-electron chi connectivity index (χ2n) is 4.06. The van der Waals surface area contributed by atoms with Crippen LogP contribution in [-0.4, -0.2) is 44.8 Å². The molecule has 8 heteroatoms. The lowest BCUT2D eigenvalue weighted by atomic mass is 10.1. The average Bonchev–Trinajstić information content (AvgIpc) is 2.56. The predicted molar refractivity (Wildman–Crippen MR) is 57.0 cm³/mol. The van der Waals surface area contributed by atoms with Gasteiger partial charge in [0.15, 0.2) is 6.23 Å². The lowest BCUT2D eigenvalue weighted by molar-refractivity contribution is -0.0592. The third-order valence-corrected chi connectivity index (χ3v) is 2.78. The molecule has 100 valence electrons. The molecule has 0 amide bonds. The van der Waals surface area contributed by atoms with Crippen LogP contribution < -0.4 is 11.3 Å². The number of aliphatic hydroxyl groups excluding tert-OH is 3. The molecule has 0 radical (unpaired) electrons. The van der Waals surface area contributed by atoms with Crippen molar-refractivity contribution >= 4 is 0 Å². The van der Waals surface area contributed by atoms with E-state index in [2.05, 4.69) is 0 Å². The van der Waals surface area contributed by atoms with Crippen LogP contribution in [-0.2, 0) is 4.74 Å². The topological polar surface area (TPSA) is 122 Å². The van der Waals surface area contributed by atoms with Crippen molar-refractivity contribution in [3.8, 4) is 0 Å². The Hall–Kier alpha value is -1.48. The minimum Gasteiger partial charge on any atom is -0.414 e. The van der Waals surface area contributed by atoms with Crippen molar-refractivity contribution in [1.82, 2.24) is 4.57 Å². The average molecular weight is 259 g/mol. The summed E-state index contributed by atoms with van der Waals surface area (Å²) in [7, 11) is 0. The van der Waals surface area contributed by atoms with E-state index >= 15 is 0 Å². The van der Waals surface area contributed by atoms with Crippen molar-refractivity contribution in [3.63, 3.8) is 0 Å². The van der Waals surface area contributed by atoms with Crippen LogP contribution in [0.3, 0.4) is 0 Å². The van der Waals surface area contributed by atoms with Gasteiger partial charge in [-0.3, -0.25) is 4.79 Å². The van der Waals surface area contributed by atoms with E-state index < -0.39 is 42.5 Å². The molecule has 0 aliphatic carbocycles. The molecule has 0 spiro atoms. The lowest BCUT2D eigenvalue weighted by Crippen LogP contribution is -2.41. The third kappa shape index (κ3) is 1.99. The zero-order valence-electron chi connectivity index (χ0n) is 9.52. The summed E-state index contributed by atoms with van der Waals surface area (Å²) in [6.07, 6.45) is -5.31. The summed E-state index contributed by atoms with van der Waals surface area (Å²) >= 11 is 0. The first kappa shape index (κ1) is 13.0. The predicted octanol–water partition coefficient (Wildman–Crippen LogP) is -2.28. The molecule has 1 aliphatic rings. The number of rotatable bonds is 2. The second-order valence-corrected chi connectivity index (χ2v) is 4.06. The Morgan fingerprint density at radius 3 is 2.50 bits per heavy atom. The first-order valence-electron chi connectivity index (χ1n) is 5.31. The SMILES string of the molecule is Cc1cc(=O)n([C@@H]2O[C@H](CO)[C@@H](O)[C@H]2O)c(=O)o1. The normalized spacial score (nSPS) is 31.8. The minimum atomic E-state index is -1.49. The largest absolute Gasteiger partial charge is 0.424 e. The van der Waals surface area contributed by atoms with E-state index in [1.165, 1.54) is 6.92 Å². The fourth-order valence-electron chi connectivity index (χ4n) is 1.87. The summed E-state index contributed by atoms with van der Waals surface area (Å²) in [5.41, 5.74) is -0.710. The summed E-state index contributed by atoms with van der Waals surface area (Å²) < 4.78 is 10.4. The first-order valence-corrected chi connectivity index (χ1v) is 5.31. The van der Waals surface area contributed by atoms with Crippen molar-refractivity contribution in [1.29, 1.82) is 0 Å². The highest BCUT2D eigenvalue weighted by atomic mass is 16.6. The summed E-state index contributed by atoms with van der Waals surface area (Å²) in [6.45, 7) is 0.894. The Kier molecular flexibility index (Phi) is 3.35. The number of nitrogens with zero attached hydrogens (tertiary/aromatic N) is 1. The molecular weight excluding hydrogens is 246 g/mol. The highest BCUT2D eigenvalue weighted by Gasteiger charge is 2.44. The number of aromatic nitrogens is 1. The zero-order chi connectivity index (χ0) is 13.4. The van der Waals surface area contributed by atoms with Crippen LogP contribution in [0.1, 0.15) is 12.0 Å². The highest BCUT2D eigenvalue weighted by Crippen LogP contribution is 2.27. The zero-order valence-corrected chi connectivity index (χ0v) is 9.52. The van der Waals surface area contributed by atoms with E-state index in [0.717, 1.165) is 6.07 Å². The van der Waals surface area contributed by atoms with Crippen molar-refractivity contribution in [2.75, 3.05) is 6.61 Å². The Labute approximate surface area is 101 Å². The van der Waals surface area contributed by atoms with Crippen LogP contribution in [0.5, 0.6) is 0 Å². The molecule has 18 heavy (non-hydrogen) atoms. The molecule has 1 saturated heterocycles. The highest BCUT2D eigenvalue weighted by molar-refractivity contribution is 4.96. The number of hydrogen-bond donors (Lipinski definition) is 3. The summed E-state index contributed by atoms with van der Waals surface area (Å²) in [5, 5.41) is 28.2. The van der Waals surface area contributed by atoms with Crippen molar-refractivity contribution in [3.05, 3.63) is 32.7 Å². The molecule has 1 aliphatic heterocycles. The molecule has 4 atom stereocenters. The summed E-state index contributed by atoms with van der Waals surface area (Å²) in [6, 6.07) is 1.07. The minimum absolute atomic E-state index is 0.132. The molecule has 8 nitrogen and oxygen atoms in total. The molecule has 1 aromatic rings. The van der Waals surface area contributed by atoms with Gasteiger partial charge in [-0.2, -0.15) is 0 Å². The molecule has 0 saturated carbocycles. The van der Waals surface area contributed by atoms with Crippen LogP contribution in [0.2, 0.25) is 0 Å². The number of hydrogen-bond acceptors (Lipinski definition) is 7. The molecule has 1 aromatic heterocycles. The standard InChI is InChI=1S/C10H13NO7/c1-4-2-6(13)11(10(16)17-4)9-8(15)7(14)5(3-12)18-9/h2,5,7-9,12,14-15H,3H2,1H3/t5-,7-,8-,9-/m1/s1. The van der Waals surface area contributed by atoms with Gasteiger partial charge in [-0.15, -0.1) is 0 Å². The van der Waals surface area contributed by atoms with Gasteiger partial charge in [-0.1, -0.05) is 0 Å². The molecule has 0 unspecified atom stereocenters. The van der Waals surface area contributed by atoms with Crippen LogP contribution >= 0.6 is 0 Å². The van der Waals surface area contributed by atoms with Crippen molar-refractivity contribution in [2.24, 2.45) is 0 Å². The first-order chi connectivity index (χ1) is 8.45. The van der Waals surface area contributed by atoms with Gasteiger partial charge in [0.2, 0.25) is 0 Å². The van der Waals surface area contributed by atoms with Gasteiger partial charge in [-0.25, -0.2) is 9.36 Å². The Bertz CT molecular complexity index is 517.